The molecule has 4 rings (SSSR count). The van der Waals surface area contributed by atoms with Crippen LogP contribution in [-0.2, 0) is 4.79 Å². The van der Waals surface area contributed by atoms with Crippen molar-refractivity contribution >= 4 is 5.97 Å². The first kappa shape index (κ1) is 16.3. The number of carbonyl (C=O) groups excluding carboxylic acids is 1. The van der Waals surface area contributed by atoms with Gasteiger partial charge in [-0.25, -0.2) is 0 Å². The quantitative estimate of drug-likeness (QED) is 0.597. The summed E-state index contributed by atoms with van der Waals surface area (Å²) in [6, 6.07) is 10.3. The van der Waals surface area contributed by atoms with Gasteiger partial charge in [-0.05, 0) is 62.9 Å². The number of hydrogen-bond donors (Lipinski definition) is 0. The van der Waals surface area contributed by atoms with Crippen molar-refractivity contribution in [1.29, 1.82) is 0 Å². The summed E-state index contributed by atoms with van der Waals surface area (Å²) in [6.45, 7) is 2.12. The van der Waals surface area contributed by atoms with Crippen LogP contribution in [0.4, 0.5) is 0 Å². The number of para-hydroxylation sites is 1. The molecule has 0 saturated carbocycles. The van der Waals surface area contributed by atoms with Gasteiger partial charge in [-0.3, -0.25) is 9.69 Å². The van der Waals surface area contributed by atoms with Gasteiger partial charge in [-0.15, -0.1) is 0 Å². The topological polar surface area (TPSA) is 29.5 Å². The maximum atomic E-state index is 13.1. The van der Waals surface area contributed by atoms with Crippen LogP contribution in [0.3, 0.4) is 0 Å². The third-order valence-electron chi connectivity index (χ3n) is 5.93. The largest absolute Gasteiger partial charge is 0.426 e. The SMILES string of the molecule is CC1=CC/C(=C2/CC3CCC(C2C(=O)Oc2ccccc2)N3C)C=C1. The third kappa shape index (κ3) is 3.09. The van der Waals surface area contributed by atoms with E-state index in [0.29, 0.717) is 11.8 Å². The van der Waals surface area contributed by atoms with E-state index in [0.717, 1.165) is 19.3 Å². The molecule has 2 saturated heterocycles. The highest BCUT2D eigenvalue weighted by molar-refractivity contribution is 5.80. The Balaban J connectivity index is 1.67. The Bertz CT molecular complexity index is 759. The lowest BCUT2D eigenvalue weighted by Crippen LogP contribution is -2.47. The highest BCUT2D eigenvalue weighted by Crippen LogP contribution is 2.44. The predicted molar refractivity (Wildman–Crippen MR) is 99.3 cm³/mol. The average Bonchev–Trinajstić information content (AvgIpc) is 2.86. The molecule has 3 atom stereocenters. The molecule has 2 aliphatic heterocycles. The Labute approximate surface area is 149 Å². The number of benzene rings is 1. The van der Waals surface area contributed by atoms with E-state index >= 15 is 0 Å². The molecule has 3 heteroatoms. The van der Waals surface area contributed by atoms with E-state index in [1.54, 1.807) is 0 Å². The smallest absolute Gasteiger partial charge is 0.320 e. The molecule has 3 unspecified atom stereocenters. The molecule has 0 aromatic heterocycles. The predicted octanol–water partition coefficient (Wildman–Crippen LogP) is 4.28. The number of hydrogen-bond acceptors (Lipinski definition) is 3. The Hall–Kier alpha value is -2.13. The van der Waals surface area contributed by atoms with Gasteiger partial charge in [0.2, 0.25) is 0 Å². The van der Waals surface area contributed by atoms with Crippen molar-refractivity contribution in [3.05, 3.63) is 65.3 Å². The Morgan fingerprint density at radius 3 is 2.68 bits per heavy atom. The highest BCUT2D eigenvalue weighted by Gasteiger charge is 2.47. The number of piperidine rings is 1. The normalized spacial score (nSPS) is 31.8. The second-order valence-corrected chi connectivity index (χ2v) is 7.42. The summed E-state index contributed by atoms with van der Waals surface area (Å²) in [5, 5.41) is 0. The summed E-state index contributed by atoms with van der Waals surface area (Å²) >= 11 is 0. The van der Waals surface area contributed by atoms with Gasteiger partial charge in [0.15, 0.2) is 0 Å². The number of esters is 1. The Morgan fingerprint density at radius 1 is 1.16 bits per heavy atom. The molecule has 2 bridgehead atoms. The van der Waals surface area contributed by atoms with Gasteiger partial charge in [0, 0.05) is 12.1 Å². The van der Waals surface area contributed by atoms with Crippen LogP contribution in [0, 0.1) is 5.92 Å². The molecule has 2 heterocycles. The lowest BCUT2D eigenvalue weighted by Gasteiger charge is -2.39. The molecule has 1 aromatic carbocycles. The zero-order chi connectivity index (χ0) is 17.4. The van der Waals surface area contributed by atoms with Crippen LogP contribution >= 0.6 is 0 Å². The maximum absolute atomic E-state index is 13.1. The fourth-order valence-corrected chi connectivity index (χ4v) is 4.48. The summed E-state index contributed by atoms with van der Waals surface area (Å²) in [7, 11) is 2.16. The molecule has 1 aliphatic carbocycles. The molecule has 0 radical (unpaired) electrons. The zero-order valence-electron chi connectivity index (χ0n) is 14.9. The summed E-state index contributed by atoms with van der Waals surface area (Å²) < 4.78 is 5.76. The fraction of sp³-hybridized carbons (Fsp3) is 0.409. The van der Waals surface area contributed by atoms with Crippen molar-refractivity contribution in [2.75, 3.05) is 7.05 Å². The molecular weight excluding hydrogens is 310 g/mol. The van der Waals surface area contributed by atoms with Crippen LogP contribution in [0.2, 0.25) is 0 Å². The van der Waals surface area contributed by atoms with Gasteiger partial charge in [0.1, 0.15) is 5.75 Å². The minimum absolute atomic E-state index is 0.106. The first-order chi connectivity index (χ1) is 12.1. The molecule has 3 aliphatic rings. The van der Waals surface area contributed by atoms with Crippen molar-refractivity contribution in [3.8, 4) is 5.75 Å². The second-order valence-electron chi connectivity index (χ2n) is 7.42. The van der Waals surface area contributed by atoms with E-state index < -0.39 is 0 Å². The van der Waals surface area contributed by atoms with E-state index in [2.05, 4.69) is 37.1 Å². The third-order valence-corrected chi connectivity index (χ3v) is 5.93. The molecule has 130 valence electrons. The van der Waals surface area contributed by atoms with E-state index in [4.69, 9.17) is 4.74 Å². The van der Waals surface area contributed by atoms with Gasteiger partial charge < -0.3 is 4.74 Å². The number of fused-ring (bicyclic) bond motifs is 2. The van der Waals surface area contributed by atoms with Crippen LogP contribution in [0.1, 0.15) is 32.6 Å². The summed E-state index contributed by atoms with van der Waals surface area (Å²) in [4.78, 5) is 15.5. The van der Waals surface area contributed by atoms with E-state index in [9.17, 15) is 4.79 Å². The minimum Gasteiger partial charge on any atom is -0.426 e. The Morgan fingerprint density at radius 2 is 1.96 bits per heavy atom. The number of carbonyl (C=O) groups is 1. The van der Waals surface area contributed by atoms with Gasteiger partial charge >= 0.3 is 5.97 Å². The van der Waals surface area contributed by atoms with Crippen LogP contribution in [0.15, 0.2) is 65.3 Å². The van der Waals surface area contributed by atoms with Crippen molar-refractivity contribution in [1.82, 2.24) is 4.90 Å². The lowest BCUT2D eigenvalue weighted by atomic mass is 9.80. The highest BCUT2D eigenvalue weighted by atomic mass is 16.5. The van der Waals surface area contributed by atoms with E-state index in [1.807, 2.05) is 30.3 Å². The lowest BCUT2D eigenvalue weighted by molar-refractivity contribution is -0.140. The molecule has 2 fully saturated rings. The van der Waals surface area contributed by atoms with Crippen molar-refractivity contribution in [2.24, 2.45) is 5.92 Å². The van der Waals surface area contributed by atoms with Gasteiger partial charge in [-0.1, -0.05) is 42.0 Å². The molecule has 3 nitrogen and oxygen atoms in total. The number of nitrogens with zero attached hydrogens (tertiary/aromatic N) is 1. The summed E-state index contributed by atoms with van der Waals surface area (Å²) in [6.07, 6.45) is 10.8. The average molecular weight is 335 g/mol. The van der Waals surface area contributed by atoms with E-state index in [1.165, 1.54) is 23.1 Å². The van der Waals surface area contributed by atoms with Crippen molar-refractivity contribution < 1.29 is 9.53 Å². The number of rotatable bonds is 2. The van der Waals surface area contributed by atoms with Crippen molar-refractivity contribution in [2.45, 2.75) is 44.7 Å². The number of allylic oxidation sites excluding steroid dienone is 5. The number of ether oxygens (including phenoxy) is 1. The van der Waals surface area contributed by atoms with Gasteiger partial charge in [0.05, 0.1) is 5.92 Å². The Kier molecular flexibility index (Phi) is 4.34. The minimum atomic E-state index is -0.157. The molecule has 0 amide bonds. The second kappa shape index (κ2) is 6.64. The first-order valence-corrected chi connectivity index (χ1v) is 9.19. The van der Waals surface area contributed by atoms with Crippen molar-refractivity contribution in [3.63, 3.8) is 0 Å². The standard InChI is InChI=1S/C22H25NO2/c1-15-8-10-16(11-9-15)19-14-17-12-13-20(23(17)2)21(19)22(24)25-18-6-4-3-5-7-18/h3-10,17,20-21H,11-14H2,1-2H3/b19-16-. The van der Waals surface area contributed by atoms with Crippen LogP contribution in [0.25, 0.3) is 0 Å². The zero-order valence-corrected chi connectivity index (χ0v) is 14.9. The summed E-state index contributed by atoms with van der Waals surface area (Å²) in [5.41, 5.74) is 3.90. The van der Waals surface area contributed by atoms with Gasteiger partial charge in [-0.2, -0.15) is 0 Å². The van der Waals surface area contributed by atoms with Crippen LogP contribution in [0.5, 0.6) is 5.75 Å². The molecular formula is C22H25NO2. The monoisotopic (exact) mass is 335 g/mol. The first-order valence-electron chi connectivity index (χ1n) is 9.19. The fourth-order valence-electron chi connectivity index (χ4n) is 4.48. The van der Waals surface area contributed by atoms with E-state index in [-0.39, 0.29) is 17.9 Å². The molecule has 1 aromatic rings. The van der Waals surface area contributed by atoms with Crippen LogP contribution in [-0.4, -0.2) is 30.0 Å². The molecule has 25 heavy (non-hydrogen) atoms. The maximum Gasteiger partial charge on any atom is 0.320 e. The van der Waals surface area contributed by atoms with Crippen LogP contribution < -0.4 is 4.74 Å². The van der Waals surface area contributed by atoms with Gasteiger partial charge in [0.25, 0.3) is 0 Å². The summed E-state index contributed by atoms with van der Waals surface area (Å²) in [5.74, 6) is 0.371. The molecule has 0 spiro atoms. The molecule has 0 N–H and O–H groups in total.